The maximum atomic E-state index is 12.0. The number of methoxy groups -OCH3 is 2. The summed E-state index contributed by atoms with van der Waals surface area (Å²) in [5, 5.41) is 46.3. The van der Waals surface area contributed by atoms with E-state index in [0.717, 1.165) is 0 Å². The van der Waals surface area contributed by atoms with Crippen molar-refractivity contribution in [1.82, 2.24) is 10.6 Å². The molecule has 10 heteroatoms. The van der Waals surface area contributed by atoms with E-state index < -0.39 is 23.3 Å². The molecule has 0 saturated heterocycles. The van der Waals surface area contributed by atoms with Crippen LogP contribution in [0.1, 0.15) is 33.3 Å². The summed E-state index contributed by atoms with van der Waals surface area (Å²) >= 11 is 3.23. The van der Waals surface area contributed by atoms with E-state index in [2.05, 4.69) is 26.6 Å². The number of halogens is 1. The minimum absolute atomic E-state index is 0.0340. The molecule has 9 nitrogen and oxygen atoms in total. The molecule has 0 aliphatic heterocycles. The number of carbonyl (C=O) groups excluding carboxylic acids is 1. The Kier molecular flexibility index (Phi) is 7.25. The molecule has 6 N–H and O–H groups in total. The summed E-state index contributed by atoms with van der Waals surface area (Å²) in [6, 6.07) is 2.57. The van der Waals surface area contributed by atoms with Crippen LogP contribution in [0.3, 0.4) is 0 Å². The Labute approximate surface area is 166 Å². The van der Waals surface area contributed by atoms with E-state index in [0.29, 0.717) is 4.47 Å². The Balaban J connectivity index is 3.19. The number of nitrogens with one attached hydrogen (secondary N) is 2. The molecule has 0 aliphatic carbocycles. The van der Waals surface area contributed by atoms with Crippen LogP contribution in [0.2, 0.25) is 0 Å². The number of benzene rings is 1. The third kappa shape index (κ3) is 5.31. The number of amides is 1. The van der Waals surface area contributed by atoms with Gasteiger partial charge in [-0.3, -0.25) is 4.79 Å². The van der Waals surface area contributed by atoms with E-state index in [1.807, 2.05) is 0 Å². The number of aliphatic hydroxyl groups is 4. The van der Waals surface area contributed by atoms with Crippen LogP contribution in [0.15, 0.2) is 16.6 Å². The van der Waals surface area contributed by atoms with E-state index in [1.165, 1.54) is 33.3 Å². The monoisotopic (exact) mass is 450 g/mol. The zero-order valence-electron chi connectivity index (χ0n) is 16.1. The predicted octanol–water partition coefficient (Wildman–Crippen LogP) is 0.340. The van der Waals surface area contributed by atoms with Crippen molar-refractivity contribution in [2.75, 3.05) is 14.2 Å². The average Bonchev–Trinajstić information content (AvgIpc) is 2.52. The van der Waals surface area contributed by atoms with Crippen LogP contribution in [0.25, 0.3) is 0 Å². The second-order valence-corrected chi connectivity index (χ2v) is 7.98. The molecule has 0 fully saturated rings. The minimum Gasteiger partial charge on any atom is -0.496 e. The van der Waals surface area contributed by atoms with E-state index in [1.54, 1.807) is 20.8 Å². The summed E-state index contributed by atoms with van der Waals surface area (Å²) in [4.78, 5) is 12.0. The molecule has 0 bridgehead atoms. The van der Waals surface area contributed by atoms with Gasteiger partial charge in [-0.05, 0) is 35.0 Å². The minimum atomic E-state index is -3.25. The molecule has 1 aromatic carbocycles. The van der Waals surface area contributed by atoms with Gasteiger partial charge in [0, 0.05) is 5.41 Å². The average molecular weight is 451 g/mol. The molecule has 1 amide bonds. The zero-order chi connectivity index (χ0) is 21.2. The van der Waals surface area contributed by atoms with Crippen LogP contribution in [-0.2, 0) is 10.6 Å². The van der Waals surface area contributed by atoms with Crippen LogP contribution in [0, 0.1) is 5.41 Å². The van der Waals surface area contributed by atoms with E-state index in [4.69, 9.17) is 9.47 Å². The van der Waals surface area contributed by atoms with E-state index in [9.17, 15) is 25.2 Å². The van der Waals surface area contributed by atoms with Crippen molar-refractivity contribution in [2.24, 2.45) is 5.41 Å². The first-order valence-corrected chi connectivity index (χ1v) is 8.86. The van der Waals surface area contributed by atoms with Crippen LogP contribution >= 0.6 is 15.9 Å². The Morgan fingerprint density at radius 3 is 2.04 bits per heavy atom. The van der Waals surface area contributed by atoms with E-state index in [-0.39, 0.29) is 23.0 Å². The smallest absolute Gasteiger partial charge is 0.285 e. The molecule has 0 radical (unpaired) electrons. The fourth-order valence-electron chi connectivity index (χ4n) is 2.17. The number of hydrogen-bond acceptors (Lipinski definition) is 8. The first-order valence-electron chi connectivity index (χ1n) is 8.07. The number of carbonyl (C=O) groups is 1. The highest BCUT2D eigenvalue weighted by atomic mass is 79.9. The molecule has 27 heavy (non-hydrogen) atoms. The molecule has 0 spiro atoms. The molecule has 1 aromatic rings. The molecule has 1 unspecified atom stereocenters. The first-order chi connectivity index (χ1) is 12.2. The quantitative estimate of drug-likeness (QED) is 0.326. The van der Waals surface area contributed by atoms with Gasteiger partial charge in [-0.2, -0.15) is 0 Å². The Morgan fingerprint density at radius 1 is 1.07 bits per heavy atom. The van der Waals surface area contributed by atoms with Crippen LogP contribution < -0.4 is 20.1 Å². The maximum Gasteiger partial charge on any atom is 0.285 e. The summed E-state index contributed by atoms with van der Waals surface area (Å²) in [5.41, 5.74) is -1.08. The summed E-state index contributed by atoms with van der Waals surface area (Å²) in [6.45, 7) is 6.46. The van der Waals surface area contributed by atoms with E-state index >= 15 is 0 Å². The number of rotatable bonds is 7. The summed E-state index contributed by atoms with van der Waals surface area (Å²) in [6.07, 6.45) is -1.01. The fraction of sp³-hybridized carbons (Fsp3) is 0.588. The number of hydrogen-bond donors (Lipinski definition) is 6. The highest BCUT2D eigenvalue weighted by Crippen LogP contribution is 2.40. The van der Waals surface area contributed by atoms with Crippen LogP contribution in [0.5, 0.6) is 11.5 Å². The molecule has 0 aliphatic rings. The van der Waals surface area contributed by atoms with Crippen molar-refractivity contribution < 1.29 is 34.7 Å². The van der Waals surface area contributed by atoms with Crippen molar-refractivity contribution in [3.05, 3.63) is 22.2 Å². The van der Waals surface area contributed by atoms with Gasteiger partial charge in [-0.25, -0.2) is 5.32 Å². The lowest BCUT2D eigenvalue weighted by Gasteiger charge is -2.38. The number of ether oxygens (including phenoxy) is 2. The van der Waals surface area contributed by atoms with Crippen molar-refractivity contribution in [3.63, 3.8) is 0 Å². The third-order valence-electron chi connectivity index (χ3n) is 3.78. The predicted molar refractivity (Wildman–Crippen MR) is 101 cm³/mol. The maximum absolute atomic E-state index is 12.0. The Morgan fingerprint density at radius 2 is 1.59 bits per heavy atom. The third-order valence-corrected chi connectivity index (χ3v) is 4.40. The summed E-state index contributed by atoms with van der Waals surface area (Å²) in [7, 11) is 2.64. The molecule has 1 rings (SSSR count). The van der Waals surface area contributed by atoms with Gasteiger partial charge in [0.2, 0.25) is 5.91 Å². The van der Waals surface area contributed by atoms with Gasteiger partial charge in [0.15, 0.2) is 0 Å². The highest BCUT2D eigenvalue weighted by molar-refractivity contribution is 9.10. The van der Waals surface area contributed by atoms with Gasteiger partial charge >= 0.3 is 0 Å². The molecule has 1 atom stereocenters. The van der Waals surface area contributed by atoms with Crippen molar-refractivity contribution >= 4 is 21.8 Å². The van der Waals surface area contributed by atoms with Gasteiger partial charge in [-0.1, -0.05) is 20.8 Å². The molecular formula is C17H27BrN2O7. The normalized spacial score (nSPS) is 13.9. The Hall–Kier alpha value is -1.43. The lowest BCUT2D eigenvalue weighted by molar-refractivity contribution is -0.382. The standard InChI is InChI=1S/C17H27BrN2O7/c1-9(19-14(21)15(2,3)4)20-17(24,25)16(22,23)10-7-13(27-6)11(18)8-12(10)26-5/h7-9,20,22-25H,1-6H3,(H,19,21). The zero-order valence-corrected chi connectivity index (χ0v) is 17.7. The second kappa shape index (κ2) is 8.29. The summed E-state index contributed by atoms with van der Waals surface area (Å²) in [5.74, 6) is -6.66. The van der Waals surface area contributed by atoms with Gasteiger partial charge in [-0.15, -0.1) is 0 Å². The van der Waals surface area contributed by atoms with Crippen molar-refractivity contribution in [2.45, 2.75) is 45.6 Å². The first kappa shape index (κ1) is 23.6. The lowest BCUT2D eigenvalue weighted by atomic mass is 9.95. The molecular weight excluding hydrogens is 424 g/mol. The van der Waals surface area contributed by atoms with Crippen molar-refractivity contribution in [1.29, 1.82) is 0 Å². The van der Waals surface area contributed by atoms with Gasteiger partial charge < -0.3 is 35.2 Å². The topological polar surface area (TPSA) is 141 Å². The van der Waals surface area contributed by atoms with Crippen molar-refractivity contribution in [3.8, 4) is 11.5 Å². The van der Waals surface area contributed by atoms with Gasteiger partial charge in [0.05, 0.1) is 30.4 Å². The molecule has 154 valence electrons. The molecule has 0 saturated carbocycles. The Bertz CT molecular complexity index is 687. The summed E-state index contributed by atoms with van der Waals surface area (Å²) < 4.78 is 10.7. The van der Waals surface area contributed by atoms with Crippen LogP contribution in [-0.4, -0.2) is 52.6 Å². The van der Waals surface area contributed by atoms with Crippen LogP contribution in [0.4, 0.5) is 0 Å². The van der Waals surface area contributed by atoms with Gasteiger partial charge in [0.25, 0.3) is 11.7 Å². The molecule has 0 aromatic heterocycles. The fourth-order valence-corrected chi connectivity index (χ4v) is 2.66. The SMILES string of the molecule is COc1cc(C(O)(O)C(O)(O)NC(C)NC(=O)C(C)(C)C)c(OC)cc1Br. The molecule has 0 heterocycles. The largest absolute Gasteiger partial charge is 0.496 e. The highest BCUT2D eigenvalue weighted by Gasteiger charge is 2.52. The van der Waals surface area contributed by atoms with Gasteiger partial charge in [0.1, 0.15) is 11.5 Å². The second-order valence-electron chi connectivity index (χ2n) is 7.12. The lowest BCUT2D eigenvalue weighted by Crippen LogP contribution is -2.66.